The van der Waals surface area contributed by atoms with E-state index in [9.17, 15) is 17.6 Å². The van der Waals surface area contributed by atoms with E-state index in [4.69, 9.17) is 0 Å². The fourth-order valence-corrected chi connectivity index (χ4v) is 1.48. The van der Waals surface area contributed by atoms with Crippen molar-refractivity contribution in [2.75, 3.05) is 32.8 Å². The van der Waals surface area contributed by atoms with Gasteiger partial charge in [0, 0.05) is 19.6 Å². The summed E-state index contributed by atoms with van der Waals surface area (Å²) in [6.45, 7) is 1.14. The summed E-state index contributed by atoms with van der Waals surface area (Å²) < 4.78 is 55.6. The van der Waals surface area contributed by atoms with Gasteiger partial charge >= 0.3 is 13.2 Å². The molecule has 0 rings (SSSR count). The largest absolute Gasteiger partial charge is 0.345 e. The first kappa shape index (κ1) is 17.6. The Morgan fingerprint density at radius 3 is 1.56 bits per heavy atom. The van der Waals surface area contributed by atoms with Crippen LogP contribution in [0, 0.1) is 5.41 Å². The monoisotopic (exact) mass is 275 g/mol. The van der Waals surface area contributed by atoms with Crippen LogP contribution in [0.1, 0.15) is 20.8 Å². The molecule has 0 aliphatic carbocycles. The fourth-order valence-electron chi connectivity index (χ4n) is 1.48. The van der Waals surface area contributed by atoms with E-state index in [-0.39, 0.29) is 31.7 Å². The molecule has 0 spiro atoms. The minimum absolute atomic E-state index is 0.0599. The maximum atomic E-state index is 11.8. The Bertz CT molecular complexity index is 196. The second-order valence-corrected chi connectivity index (χ2v) is 5.10. The Morgan fingerprint density at radius 2 is 1.28 bits per heavy atom. The molecule has 0 heterocycles. The van der Waals surface area contributed by atoms with Gasteiger partial charge in [0.15, 0.2) is 0 Å². The number of hydrogen-bond acceptors (Lipinski definition) is 3. The normalized spacial score (nSPS) is 13.0. The van der Waals surface area contributed by atoms with E-state index in [1.807, 2.05) is 20.8 Å². The first-order valence-corrected chi connectivity index (χ1v) is 5.72. The molecule has 110 valence electrons. The lowest BCUT2D eigenvalue weighted by molar-refractivity contribution is -0.140. The third-order valence-corrected chi connectivity index (χ3v) is 2.00. The Balaban J connectivity index is 4.00. The van der Waals surface area contributed by atoms with Gasteiger partial charge in [-0.3, -0.25) is 4.90 Å². The molecule has 0 fully saturated rings. The Kier molecular flexibility index (Phi) is 8.47. The summed E-state index contributed by atoms with van der Waals surface area (Å²) in [6.07, 6.45) is 0. The van der Waals surface area contributed by atoms with Crippen LogP contribution in [0.4, 0.5) is 17.6 Å². The Morgan fingerprint density at radius 1 is 0.889 bits per heavy atom. The van der Waals surface area contributed by atoms with Gasteiger partial charge in [0.1, 0.15) is 0 Å². The highest BCUT2D eigenvalue weighted by Crippen LogP contribution is 2.15. The molecular weight excluding hydrogens is 254 g/mol. The minimum atomic E-state index is -2.81. The molecule has 0 aromatic carbocycles. The molecule has 18 heavy (non-hydrogen) atoms. The molecule has 7 heteroatoms. The molecule has 0 saturated heterocycles. The summed E-state index contributed by atoms with van der Waals surface area (Å²) in [5.41, 5.74) is -0.0599. The van der Waals surface area contributed by atoms with E-state index in [0.29, 0.717) is 6.54 Å². The van der Waals surface area contributed by atoms with Crippen LogP contribution in [-0.4, -0.2) is 51.0 Å². The minimum Gasteiger partial charge on any atom is -0.322 e. The average Bonchev–Trinajstić information content (AvgIpc) is 2.13. The van der Waals surface area contributed by atoms with Crippen LogP contribution in [0.5, 0.6) is 0 Å². The van der Waals surface area contributed by atoms with Crippen molar-refractivity contribution in [3.8, 4) is 0 Å². The van der Waals surface area contributed by atoms with Gasteiger partial charge in [-0.05, 0) is 5.41 Å². The second kappa shape index (κ2) is 8.66. The summed E-state index contributed by atoms with van der Waals surface area (Å²) >= 11 is 0. The number of rotatable bonds is 9. The molecule has 0 amide bonds. The Labute approximate surface area is 105 Å². The third-order valence-electron chi connectivity index (χ3n) is 2.00. The van der Waals surface area contributed by atoms with E-state index >= 15 is 0 Å². The van der Waals surface area contributed by atoms with Crippen LogP contribution in [0.3, 0.4) is 0 Å². The molecule has 0 aliphatic rings. The number of alkyl halides is 4. The standard InChI is InChI=1S/C11H21F4NO2/c1-11(2,3)8-16(4-6-17-9(12)13)5-7-18-10(14)15/h9-10H,4-8H2,1-3H3. The highest BCUT2D eigenvalue weighted by Gasteiger charge is 2.17. The number of hydrogen-bond donors (Lipinski definition) is 0. The van der Waals surface area contributed by atoms with Crippen LogP contribution in [-0.2, 0) is 9.47 Å². The van der Waals surface area contributed by atoms with Crippen LogP contribution in [0.2, 0.25) is 0 Å². The molecule has 0 radical (unpaired) electrons. The molecule has 3 nitrogen and oxygen atoms in total. The number of halogens is 4. The maximum absolute atomic E-state index is 11.8. The predicted octanol–water partition coefficient (Wildman–Crippen LogP) is 2.81. The number of nitrogens with zero attached hydrogens (tertiary/aromatic N) is 1. The van der Waals surface area contributed by atoms with Crippen LogP contribution < -0.4 is 0 Å². The van der Waals surface area contributed by atoms with E-state index in [1.54, 1.807) is 4.90 Å². The summed E-state index contributed by atoms with van der Waals surface area (Å²) in [7, 11) is 0. The highest BCUT2D eigenvalue weighted by molar-refractivity contribution is 4.69. The van der Waals surface area contributed by atoms with Crippen molar-refractivity contribution in [2.24, 2.45) is 5.41 Å². The summed E-state index contributed by atoms with van der Waals surface area (Å²) in [5.74, 6) is 0. The summed E-state index contributed by atoms with van der Waals surface area (Å²) in [6, 6.07) is 0. The molecular formula is C11H21F4NO2. The number of ether oxygens (including phenoxy) is 2. The average molecular weight is 275 g/mol. The quantitative estimate of drug-likeness (QED) is 0.604. The van der Waals surface area contributed by atoms with Gasteiger partial charge in [0.05, 0.1) is 13.2 Å². The fraction of sp³-hybridized carbons (Fsp3) is 1.00. The summed E-state index contributed by atoms with van der Waals surface area (Å²) in [4.78, 5) is 1.77. The van der Waals surface area contributed by atoms with E-state index in [0.717, 1.165) is 0 Å². The zero-order valence-electron chi connectivity index (χ0n) is 11.0. The van der Waals surface area contributed by atoms with E-state index < -0.39 is 13.2 Å². The Hall–Kier alpha value is -0.400. The molecule has 0 aromatic heterocycles. The zero-order valence-corrected chi connectivity index (χ0v) is 11.0. The topological polar surface area (TPSA) is 21.7 Å². The summed E-state index contributed by atoms with van der Waals surface area (Å²) in [5, 5.41) is 0. The van der Waals surface area contributed by atoms with Crippen LogP contribution in [0.15, 0.2) is 0 Å². The molecule has 0 aromatic rings. The SMILES string of the molecule is CC(C)(C)CN(CCOC(F)F)CCOC(F)F. The molecule has 0 bridgehead atoms. The van der Waals surface area contributed by atoms with Crippen molar-refractivity contribution in [1.82, 2.24) is 4.90 Å². The van der Waals surface area contributed by atoms with E-state index in [2.05, 4.69) is 9.47 Å². The van der Waals surface area contributed by atoms with Gasteiger partial charge in [-0.15, -0.1) is 0 Å². The van der Waals surface area contributed by atoms with Gasteiger partial charge < -0.3 is 9.47 Å². The molecule has 0 unspecified atom stereocenters. The van der Waals surface area contributed by atoms with Crippen molar-refractivity contribution in [2.45, 2.75) is 34.0 Å². The maximum Gasteiger partial charge on any atom is 0.345 e. The first-order valence-electron chi connectivity index (χ1n) is 5.72. The van der Waals surface area contributed by atoms with Gasteiger partial charge in [-0.2, -0.15) is 17.6 Å². The molecule has 0 saturated carbocycles. The lowest BCUT2D eigenvalue weighted by Crippen LogP contribution is -2.38. The first-order chi connectivity index (χ1) is 8.20. The zero-order chi connectivity index (χ0) is 14.2. The molecule has 0 aliphatic heterocycles. The highest BCUT2D eigenvalue weighted by atomic mass is 19.3. The predicted molar refractivity (Wildman–Crippen MR) is 59.8 cm³/mol. The van der Waals surface area contributed by atoms with Gasteiger partial charge in [0.25, 0.3) is 0 Å². The van der Waals surface area contributed by atoms with Crippen molar-refractivity contribution >= 4 is 0 Å². The smallest absolute Gasteiger partial charge is 0.322 e. The van der Waals surface area contributed by atoms with Gasteiger partial charge in [-0.25, -0.2) is 0 Å². The van der Waals surface area contributed by atoms with E-state index in [1.165, 1.54) is 0 Å². The molecule has 0 N–H and O–H groups in total. The third kappa shape index (κ3) is 12.1. The van der Waals surface area contributed by atoms with Gasteiger partial charge in [0.2, 0.25) is 0 Å². The van der Waals surface area contributed by atoms with Crippen molar-refractivity contribution in [1.29, 1.82) is 0 Å². The van der Waals surface area contributed by atoms with Gasteiger partial charge in [-0.1, -0.05) is 20.8 Å². The van der Waals surface area contributed by atoms with Crippen molar-refractivity contribution < 1.29 is 27.0 Å². The molecule has 0 atom stereocenters. The van der Waals surface area contributed by atoms with Crippen molar-refractivity contribution in [3.05, 3.63) is 0 Å². The van der Waals surface area contributed by atoms with Crippen LogP contribution >= 0.6 is 0 Å². The lowest BCUT2D eigenvalue weighted by Gasteiger charge is -2.29. The lowest BCUT2D eigenvalue weighted by atomic mass is 9.96. The second-order valence-electron chi connectivity index (χ2n) is 5.10. The van der Waals surface area contributed by atoms with Crippen LogP contribution in [0.25, 0.3) is 0 Å². The van der Waals surface area contributed by atoms with Crippen molar-refractivity contribution in [3.63, 3.8) is 0 Å².